The van der Waals surface area contributed by atoms with Crippen molar-refractivity contribution in [3.63, 3.8) is 0 Å². The number of aromatic nitrogens is 1. The molecule has 3 aromatic rings. The molecule has 158 valence electrons. The predicted octanol–water partition coefficient (Wildman–Crippen LogP) is 4.54. The molecule has 1 fully saturated rings. The normalized spacial score (nSPS) is 14.2. The van der Waals surface area contributed by atoms with Crippen LogP contribution < -0.4 is 4.90 Å². The molecule has 6 nitrogen and oxygen atoms in total. The summed E-state index contributed by atoms with van der Waals surface area (Å²) in [6.45, 7) is 3.07. The van der Waals surface area contributed by atoms with Crippen molar-refractivity contribution in [3.05, 3.63) is 71.2 Å². The monoisotopic (exact) mass is 434 g/mol. The van der Waals surface area contributed by atoms with Gasteiger partial charge in [-0.3, -0.25) is 4.79 Å². The van der Waals surface area contributed by atoms with Gasteiger partial charge in [-0.05, 0) is 42.8 Å². The van der Waals surface area contributed by atoms with E-state index in [1.54, 1.807) is 6.20 Å². The number of anilines is 1. The summed E-state index contributed by atoms with van der Waals surface area (Å²) in [7, 11) is 0. The maximum absolute atomic E-state index is 12.8. The summed E-state index contributed by atoms with van der Waals surface area (Å²) in [5.41, 5.74) is 2.53. The Morgan fingerprint density at radius 3 is 2.68 bits per heavy atom. The lowest BCUT2D eigenvalue weighted by Crippen LogP contribution is -2.35. The van der Waals surface area contributed by atoms with Gasteiger partial charge in [-0.15, -0.1) is 0 Å². The van der Waals surface area contributed by atoms with Crippen LogP contribution in [0.5, 0.6) is 0 Å². The summed E-state index contributed by atoms with van der Waals surface area (Å²) in [5, 5.41) is 9.57. The number of oxazole rings is 1. The molecule has 1 saturated heterocycles. The Bertz CT molecular complexity index is 1090. The molecule has 0 spiro atoms. The zero-order chi connectivity index (χ0) is 21.6. The SMILES string of the molecule is N#Cc1ccc(N2CCCN(C(=O)CCc3ncc(-c4ccccc4Cl)o3)CC2)cc1. The van der Waals surface area contributed by atoms with Gasteiger partial charge in [0, 0.05) is 50.3 Å². The Kier molecular flexibility index (Phi) is 6.54. The number of halogens is 1. The van der Waals surface area contributed by atoms with Gasteiger partial charge in [-0.2, -0.15) is 5.26 Å². The number of carbonyl (C=O) groups excluding carboxylic acids is 1. The number of benzene rings is 2. The van der Waals surface area contributed by atoms with Crippen LogP contribution in [0.25, 0.3) is 11.3 Å². The average Bonchev–Trinajstić information content (AvgIpc) is 3.13. The van der Waals surface area contributed by atoms with Gasteiger partial charge in [0.25, 0.3) is 0 Å². The largest absolute Gasteiger partial charge is 0.441 e. The van der Waals surface area contributed by atoms with Crippen molar-refractivity contribution in [1.29, 1.82) is 5.26 Å². The van der Waals surface area contributed by atoms with E-state index in [1.807, 2.05) is 53.4 Å². The van der Waals surface area contributed by atoms with Gasteiger partial charge in [-0.25, -0.2) is 4.98 Å². The van der Waals surface area contributed by atoms with E-state index in [2.05, 4.69) is 16.0 Å². The molecule has 0 bridgehead atoms. The molecule has 2 aromatic carbocycles. The number of nitriles is 1. The molecule has 0 N–H and O–H groups in total. The molecule has 1 aromatic heterocycles. The Labute approximate surface area is 186 Å². The summed E-state index contributed by atoms with van der Waals surface area (Å²) in [6.07, 6.45) is 3.38. The highest BCUT2D eigenvalue weighted by atomic mass is 35.5. The fraction of sp³-hybridized carbons (Fsp3) is 0.292. The Hall–Kier alpha value is -3.30. The minimum Gasteiger partial charge on any atom is -0.441 e. The van der Waals surface area contributed by atoms with Crippen molar-refractivity contribution >= 4 is 23.2 Å². The molecule has 0 aliphatic carbocycles. The van der Waals surface area contributed by atoms with Crippen LogP contribution in [-0.2, 0) is 11.2 Å². The summed E-state index contributed by atoms with van der Waals surface area (Å²) in [6, 6.07) is 17.2. The molecule has 4 rings (SSSR count). The van der Waals surface area contributed by atoms with Crippen LogP contribution >= 0.6 is 11.6 Å². The highest BCUT2D eigenvalue weighted by Gasteiger charge is 2.20. The Morgan fingerprint density at radius 1 is 1.10 bits per heavy atom. The van der Waals surface area contributed by atoms with Gasteiger partial charge < -0.3 is 14.2 Å². The van der Waals surface area contributed by atoms with Crippen molar-refractivity contribution < 1.29 is 9.21 Å². The standard InChI is InChI=1S/C24H23ClN4O2/c25-21-5-2-1-4-20(21)22-17-27-23(31-22)10-11-24(30)29-13-3-12-28(14-15-29)19-8-6-18(16-26)7-9-19/h1-2,4-9,17H,3,10-15H2. The molecule has 0 radical (unpaired) electrons. The highest BCUT2D eigenvalue weighted by Crippen LogP contribution is 2.28. The third kappa shape index (κ3) is 5.07. The summed E-state index contributed by atoms with van der Waals surface area (Å²) < 4.78 is 5.81. The zero-order valence-electron chi connectivity index (χ0n) is 17.1. The number of aryl methyl sites for hydroxylation is 1. The van der Waals surface area contributed by atoms with Crippen molar-refractivity contribution in [2.24, 2.45) is 0 Å². The van der Waals surface area contributed by atoms with Crippen LogP contribution in [0, 0.1) is 11.3 Å². The van der Waals surface area contributed by atoms with E-state index in [9.17, 15) is 4.79 Å². The smallest absolute Gasteiger partial charge is 0.223 e. The third-order valence-corrected chi connectivity index (χ3v) is 5.79. The lowest BCUT2D eigenvalue weighted by Gasteiger charge is -2.23. The first-order valence-corrected chi connectivity index (χ1v) is 10.7. The molecular weight excluding hydrogens is 412 g/mol. The van der Waals surface area contributed by atoms with Crippen molar-refractivity contribution in [1.82, 2.24) is 9.88 Å². The van der Waals surface area contributed by atoms with Gasteiger partial charge in [0.1, 0.15) is 0 Å². The average molecular weight is 435 g/mol. The van der Waals surface area contributed by atoms with E-state index in [1.165, 1.54) is 0 Å². The van der Waals surface area contributed by atoms with Crippen molar-refractivity contribution in [2.75, 3.05) is 31.1 Å². The number of hydrogen-bond acceptors (Lipinski definition) is 5. The fourth-order valence-electron chi connectivity index (χ4n) is 3.76. The lowest BCUT2D eigenvalue weighted by molar-refractivity contribution is -0.131. The maximum Gasteiger partial charge on any atom is 0.223 e. The van der Waals surface area contributed by atoms with Crippen LogP contribution in [0.15, 0.2) is 59.1 Å². The highest BCUT2D eigenvalue weighted by molar-refractivity contribution is 6.33. The zero-order valence-corrected chi connectivity index (χ0v) is 17.9. The van der Waals surface area contributed by atoms with Gasteiger partial charge in [0.2, 0.25) is 5.91 Å². The molecule has 2 heterocycles. The van der Waals surface area contributed by atoms with E-state index in [4.69, 9.17) is 21.3 Å². The van der Waals surface area contributed by atoms with Gasteiger partial charge >= 0.3 is 0 Å². The van der Waals surface area contributed by atoms with Crippen LogP contribution in [0.2, 0.25) is 5.02 Å². The minimum absolute atomic E-state index is 0.110. The van der Waals surface area contributed by atoms with Crippen LogP contribution in [0.4, 0.5) is 5.69 Å². The number of nitrogens with zero attached hydrogens (tertiary/aromatic N) is 4. The van der Waals surface area contributed by atoms with E-state index in [-0.39, 0.29) is 5.91 Å². The fourth-order valence-corrected chi connectivity index (χ4v) is 3.98. The quantitative estimate of drug-likeness (QED) is 0.589. The molecular formula is C24H23ClN4O2. The maximum atomic E-state index is 12.8. The van der Waals surface area contributed by atoms with E-state index in [0.717, 1.165) is 37.3 Å². The molecule has 1 amide bonds. The first kappa shape index (κ1) is 21.0. The Balaban J connectivity index is 1.31. The predicted molar refractivity (Wildman–Crippen MR) is 120 cm³/mol. The first-order chi connectivity index (χ1) is 15.1. The van der Waals surface area contributed by atoms with Crippen LogP contribution in [0.1, 0.15) is 24.3 Å². The third-order valence-electron chi connectivity index (χ3n) is 5.46. The molecule has 0 saturated carbocycles. The number of hydrogen-bond donors (Lipinski definition) is 0. The van der Waals surface area contributed by atoms with E-state index >= 15 is 0 Å². The number of amides is 1. The van der Waals surface area contributed by atoms with Crippen LogP contribution in [-0.4, -0.2) is 42.0 Å². The van der Waals surface area contributed by atoms with Gasteiger partial charge in [0.05, 0.1) is 22.9 Å². The second-order valence-electron chi connectivity index (χ2n) is 7.48. The molecule has 1 aliphatic rings. The summed E-state index contributed by atoms with van der Waals surface area (Å²) >= 11 is 6.22. The van der Waals surface area contributed by atoms with E-state index in [0.29, 0.717) is 41.6 Å². The molecule has 0 atom stereocenters. The van der Waals surface area contributed by atoms with Crippen molar-refractivity contribution in [3.8, 4) is 17.4 Å². The summed E-state index contributed by atoms with van der Waals surface area (Å²) in [5.74, 6) is 1.26. The second kappa shape index (κ2) is 9.67. The molecule has 1 aliphatic heterocycles. The van der Waals surface area contributed by atoms with E-state index < -0.39 is 0 Å². The molecule has 7 heteroatoms. The topological polar surface area (TPSA) is 73.4 Å². The second-order valence-corrected chi connectivity index (χ2v) is 7.89. The number of carbonyl (C=O) groups is 1. The van der Waals surface area contributed by atoms with Crippen LogP contribution in [0.3, 0.4) is 0 Å². The Morgan fingerprint density at radius 2 is 1.90 bits per heavy atom. The van der Waals surface area contributed by atoms with Crippen molar-refractivity contribution in [2.45, 2.75) is 19.3 Å². The number of rotatable bonds is 5. The molecule has 0 unspecified atom stereocenters. The minimum atomic E-state index is 0.110. The molecule has 31 heavy (non-hydrogen) atoms. The van der Waals surface area contributed by atoms with Gasteiger partial charge in [0.15, 0.2) is 11.7 Å². The first-order valence-electron chi connectivity index (χ1n) is 10.4. The lowest BCUT2D eigenvalue weighted by atomic mass is 10.2. The summed E-state index contributed by atoms with van der Waals surface area (Å²) in [4.78, 5) is 21.3. The van der Waals surface area contributed by atoms with Gasteiger partial charge in [-0.1, -0.05) is 23.7 Å².